The lowest BCUT2D eigenvalue weighted by molar-refractivity contribution is -0.154. The minimum atomic E-state index is -4.55. The summed E-state index contributed by atoms with van der Waals surface area (Å²) < 4.78 is 46.2. The van der Waals surface area contributed by atoms with Crippen LogP contribution < -0.4 is 4.74 Å². The normalized spacial score (nSPS) is 14.8. The molecule has 0 spiro atoms. The minimum Gasteiger partial charge on any atom is -0.467 e. The number of esters is 1. The molecule has 1 aliphatic heterocycles. The van der Waals surface area contributed by atoms with Crippen LogP contribution in [0.4, 0.5) is 13.2 Å². The molecule has 172 valence electrons. The number of hydrogen-bond acceptors (Lipinski definition) is 6. The Labute approximate surface area is 182 Å². The van der Waals surface area contributed by atoms with Gasteiger partial charge in [0.05, 0.1) is 24.6 Å². The standard InChI is InChI=1S/C19H23ClF3N3O5/c1-3-30-18(29)12-4-6-26(7-5-12)15(27)10-25(2)17(28)13-8-14(20)16(24-9-13)31-11-19(21,22)23/h8-9,12H,3-7,10-11H2,1-2H3. The van der Waals surface area contributed by atoms with Crippen molar-refractivity contribution in [2.75, 3.05) is 39.9 Å². The van der Waals surface area contributed by atoms with Gasteiger partial charge in [-0.05, 0) is 25.8 Å². The van der Waals surface area contributed by atoms with E-state index in [2.05, 4.69) is 9.72 Å². The number of carbonyl (C=O) groups excluding carboxylic acids is 3. The Bertz CT molecular complexity index is 813. The molecule has 0 aliphatic carbocycles. The van der Waals surface area contributed by atoms with Crippen LogP contribution in [0.2, 0.25) is 5.02 Å². The van der Waals surface area contributed by atoms with Gasteiger partial charge in [0.15, 0.2) is 6.61 Å². The second-order valence-electron chi connectivity index (χ2n) is 6.98. The summed E-state index contributed by atoms with van der Waals surface area (Å²) in [5.74, 6) is -1.82. The van der Waals surface area contributed by atoms with Crippen LogP contribution in [-0.4, -0.2) is 78.6 Å². The molecule has 0 radical (unpaired) electrons. The van der Waals surface area contributed by atoms with Gasteiger partial charge in [0.2, 0.25) is 11.8 Å². The Morgan fingerprint density at radius 2 is 1.94 bits per heavy atom. The topological polar surface area (TPSA) is 89.0 Å². The van der Waals surface area contributed by atoms with Crippen molar-refractivity contribution in [1.29, 1.82) is 0 Å². The number of hydrogen-bond donors (Lipinski definition) is 0. The van der Waals surface area contributed by atoms with E-state index in [1.165, 1.54) is 7.05 Å². The first kappa shape index (κ1) is 24.7. The number of alkyl halides is 3. The van der Waals surface area contributed by atoms with Gasteiger partial charge in [-0.2, -0.15) is 13.2 Å². The Morgan fingerprint density at radius 1 is 1.29 bits per heavy atom. The molecule has 0 atom stereocenters. The molecule has 1 aromatic rings. The van der Waals surface area contributed by atoms with Crippen LogP contribution in [0, 0.1) is 5.92 Å². The Kier molecular flexibility index (Phi) is 8.49. The summed E-state index contributed by atoms with van der Waals surface area (Å²) in [7, 11) is 1.41. The van der Waals surface area contributed by atoms with Crippen LogP contribution in [-0.2, 0) is 14.3 Å². The predicted molar refractivity (Wildman–Crippen MR) is 104 cm³/mol. The molecule has 0 saturated carbocycles. The molecule has 2 heterocycles. The summed E-state index contributed by atoms with van der Waals surface area (Å²) in [6.07, 6.45) is -2.54. The lowest BCUT2D eigenvalue weighted by Gasteiger charge is -2.32. The molecular weight excluding hydrogens is 443 g/mol. The third-order valence-corrected chi connectivity index (χ3v) is 4.88. The van der Waals surface area contributed by atoms with Crippen molar-refractivity contribution in [2.45, 2.75) is 25.9 Å². The molecule has 12 heteroatoms. The molecule has 0 unspecified atom stereocenters. The fourth-order valence-electron chi connectivity index (χ4n) is 3.02. The number of rotatable bonds is 7. The molecule has 0 N–H and O–H groups in total. The van der Waals surface area contributed by atoms with Crippen molar-refractivity contribution >= 4 is 29.4 Å². The largest absolute Gasteiger partial charge is 0.467 e. The van der Waals surface area contributed by atoms with Crippen molar-refractivity contribution in [3.8, 4) is 5.88 Å². The molecule has 8 nitrogen and oxygen atoms in total. The predicted octanol–water partition coefficient (Wildman–Crippen LogP) is 2.55. The summed E-state index contributed by atoms with van der Waals surface area (Å²) in [5, 5.41) is -0.254. The van der Waals surface area contributed by atoms with E-state index in [0.717, 1.165) is 17.2 Å². The van der Waals surface area contributed by atoms with Gasteiger partial charge in [0.1, 0.15) is 5.02 Å². The van der Waals surface area contributed by atoms with Crippen molar-refractivity contribution < 1.29 is 37.0 Å². The summed E-state index contributed by atoms with van der Waals surface area (Å²) >= 11 is 5.86. The maximum Gasteiger partial charge on any atom is 0.422 e. The number of nitrogens with zero attached hydrogens (tertiary/aromatic N) is 3. The van der Waals surface area contributed by atoms with Crippen LogP contribution in [0.25, 0.3) is 0 Å². The van der Waals surface area contributed by atoms with Crippen molar-refractivity contribution in [1.82, 2.24) is 14.8 Å². The number of likely N-dealkylation sites (tertiary alicyclic amines) is 1. The number of ether oxygens (including phenoxy) is 2. The van der Waals surface area contributed by atoms with E-state index in [1.54, 1.807) is 11.8 Å². The van der Waals surface area contributed by atoms with Crippen molar-refractivity contribution in [3.63, 3.8) is 0 Å². The van der Waals surface area contributed by atoms with E-state index in [0.29, 0.717) is 32.5 Å². The Balaban J connectivity index is 1.90. The van der Waals surface area contributed by atoms with E-state index in [9.17, 15) is 27.6 Å². The lowest BCUT2D eigenvalue weighted by atomic mass is 9.97. The van der Waals surface area contributed by atoms with Gasteiger partial charge in [-0.1, -0.05) is 11.6 Å². The van der Waals surface area contributed by atoms with E-state index in [4.69, 9.17) is 16.3 Å². The number of amides is 2. The highest BCUT2D eigenvalue weighted by Crippen LogP contribution is 2.25. The first-order valence-electron chi connectivity index (χ1n) is 9.56. The van der Waals surface area contributed by atoms with E-state index >= 15 is 0 Å². The number of likely N-dealkylation sites (N-methyl/N-ethyl adjacent to an activating group) is 1. The zero-order chi connectivity index (χ0) is 23.2. The zero-order valence-electron chi connectivity index (χ0n) is 17.1. The first-order valence-corrected chi connectivity index (χ1v) is 9.94. The van der Waals surface area contributed by atoms with Crippen molar-refractivity contribution in [2.24, 2.45) is 5.92 Å². The Hall–Kier alpha value is -2.56. The summed E-state index contributed by atoms with van der Waals surface area (Å²) in [5.41, 5.74) is 0.000628. The Morgan fingerprint density at radius 3 is 2.48 bits per heavy atom. The quantitative estimate of drug-likeness (QED) is 0.575. The van der Waals surface area contributed by atoms with Gasteiger partial charge in [0.25, 0.3) is 5.91 Å². The summed E-state index contributed by atoms with van der Waals surface area (Å²) in [6.45, 7) is 1.02. The first-order chi connectivity index (χ1) is 14.5. The van der Waals surface area contributed by atoms with Crippen molar-refractivity contribution in [3.05, 3.63) is 22.8 Å². The lowest BCUT2D eigenvalue weighted by Crippen LogP contribution is -2.45. The molecule has 1 fully saturated rings. The van der Waals surface area contributed by atoms with E-state index in [-0.39, 0.29) is 34.9 Å². The number of halogens is 4. The fraction of sp³-hybridized carbons (Fsp3) is 0.579. The fourth-order valence-corrected chi connectivity index (χ4v) is 3.24. The third-order valence-electron chi connectivity index (χ3n) is 4.61. The highest BCUT2D eigenvalue weighted by molar-refractivity contribution is 6.32. The second-order valence-corrected chi connectivity index (χ2v) is 7.39. The van der Waals surface area contributed by atoms with Crippen LogP contribution in [0.5, 0.6) is 5.88 Å². The number of carbonyl (C=O) groups is 3. The number of aromatic nitrogens is 1. The molecular formula is C19H23ClF3N3O5. The van der Waals surface area contributed by atoms with Crippen LogP contribution in [0.15, 0.2) is 12.3 Å². The summed E-state index contributed by atoms with van der Waals surface area (Å²) in [6, 6.07) is 1.13. The van der Waals surface area contributed by atoms with Gasteiger partial charge >= 0.3 is 12.1 Å². The number of pyridine rings is 1. The molecule has 2 rings (SSSR count). The van der Waals surface area contributed by atoms with Gasteiger partial charge < -0.3 is 19.3 Å². The van der Waals surface area contributed by atoms with Gasteiger partial charge in [-0.3, -0.25) is 14.4 Å². The van der Waals surface area contributed by atoms with E-state index in [1.807, 2.05) is 0 Å². The monoisotopic (exact) mass is 465 g/mol. The average molecular weight is 466 g/mol. The maximum absolute atomic E-state index is 12.5. The molecule has 1 saturated heterocycles. The molecule has 31 heavy (non-hydrogen) atoms. The zero-order valence-corrected chi connectivity index (χ0v) is 17.8. The average Bonchev–Trinajstić information content (AvgIpc) is 2.71. The highest BCUT2D eigenvalue weighted by Gasteiger charge is 2.30. The third kappa shape index (κ3) is 7.27. The van der Waals surface area contributed by atoms with Gasteiger partial charge in [-0.15, -0.1) is 0 Å². The van der Waals surface area contributed by atoms with E-state index < -0.39 is 24.6 Å². The smallest absolute Gasteiger partial charge is 0.422 e. The second kappa shape index (κ2) is 10.7. The van der Waals surface area contributed by atoms with Crippen LogP contribution >= 0.6 is 11.6 Å². The molecule has 0 aromatic carbocycles. The molecule has 1 aromatic heterocycles. The summed E-state index contributed by atoms with van der Waals surface area (Å²) in [4.78, 5) is 43.2. The maximum atomic E-state index is 12.5. The molecule has 2 amide bonds. The van der Waals surface area contributed by atoms with Gasteiger partial charge in [0, 0.05) is 26.3 Å². The minimum absolute atomic E-state index is 0.000628. The van der Waals surface area contributed by atoms with Crippen LogP contribution in [0.3, 0.4) is 0 Å². The molecule has 0 bridgehead atoms. The SMILES string of the molecule is CCOC(=O)C1CCN(C(=O)CN(C)C(=O)c2cnc(OCC(F)(F)F)c(Cl)c2)CC1. The number of piperidine rings is 1. The van der Waals surface area contributed by atoms with Crippen LogP contribution in [0.1, 0.15) is 30.1 Å². The molecule has 1 aliphatic rings. The van der Waals surface area contributed by atoms with Gasteiger partial charge in [-0.25, -0.2) is 4.98 Å². The highest BCUT2D eigenvalue weighted by atomic mass is 35.5.